The average Bonchev–Trinajstić information content (AvgIpc) is 2.76. The molecule has 0 bridgehead atoms. The van der Waals surface area contributed by atoms with E-state index in [0.717, 1.165) is 35.6 Å². The highest BCUT2D eigenvalue weighted by Gasteiger charge is 2.16. The zero-order chi connectivity index (χ0) is 13.1. The smallest absolute Gasteiger partial charge is 0.123 e. The van der Waals surface area contributed by atoms with Gasteiger partial charge in [0.25, 0.3) is 0 Å². The Morgan fingerprint density at radius 1 is 1.56 bits per heavy atom. The Balaban J connectivity index is 2.61. The highest BCUT2D eigenvalue weighted by atomic mass is 79.9. The van der Waals surface area contributed by atoms with E-state index in [1.807, 2.05) is 24.3 Å². The van der Waals surface area contributed by atoms with Crippen LogP contribution in [0, 0.1) is 0 Å². The van der Waals surface area contributed by atoms with Crippen molar-refractivity contribution in [1.82, 2.24) is 9.55 Å². The Morgan fingerprint density at radius 2 is 2.33 bits per heavy atom. The van der Waals surface area contributed by atoms with Crippen molar-refractivity contribution in [2.24, 2.45) is 0 Å². The van der Waals surface area contributed by atoms with Gasteiger partial charge in [-0.1, -0.05) is 28.9 Å². The van der Waals surface area contributed by atoms with Gasteiger partial charge in [-0.05, 0) is 18.6 Å². The number of ether oxygens (including phenoxy) is 1. The van der Waals surface area contributed by atoms with Crippen LogP contribution < -0.4 is 4.74 Å². The third-order valence-corrected chi connectivity index (χ3v) is 3.99. The van der Waals surface area contributed by atoms with Gasteiger partial charge in [0.15, 0.2) is 0 Å². The predicted octanol–water partition coefficient (Wildman–Crippen LogP) is 4.08. The number of hydrogen-bond donors (Lipinski definition) is 0. The lowest BCUT2D eigenvalue weighted by Gasteiger charge is -2.09. The Morgan fingerprint density at radius 3 is 2.94 bits per heavy atom. The van der Waals surface area contributed by atoms with Crippen LogP contribution >= 0.6 is 15.9 Å². The molecule has 2 rings (SSSR count). The Bertz CT molecular complexity index is 562. The molecule has 0 N–H and O–H groups in total. The number of imidazole rings is 1. The lowest BCUT2D eigenvalue weighted by molar-refractivity contribution is 0.415. The first-order valence-corrected chi connectivity index (χ1v) is 6.92. The van der Waals surface area contributed by atoms with Crippen LogP contribution in [0.1, 0.15) is 24.0 Å². The summed E-state index contributed by atoms with van der Waals surface area (Å²) >= 11 is 3.67. The highest BCUT2D eigenvalue weighted by Crippen LogP contribution is 2.30. The summed E-state index contributed by atoms with van der Waals surface area (Å²) in [4.78, 5) is 4.96. The first kappa shape index (κ1) is 13.1. The van der Waals surface area contributed by atoms with Crippen molar-refractivity contribution in [1.29, 1.82) is 0 Å². The largest absolute Gasteiger partial charge is 0.497 e. The van der Waals surface area contributed by atoms with E-state index in [1.54, 1.807) is 7.11 Å². The maximum Gasteiger partial charge on any atom is 0.123 e. The van der Waals surface area contributed by atoms with Crippen LogP contribution in [0.25, 0.3) is 11.0 Å². The van der Waals surface area contributed by atoms with Gasteiger partial charge in [-0.3, -0.25) is 0 Å². The lowest BCUT2D eigenvalue weighted by Crippen LogP contribution is -2.03. The summed E-state index contributed by atoms with van der Waals surface area (Å²) in [6, 6.07) is 5.97. The Labute approximate surface area is 116 Å². The van der Waals surface area contributed by atoms with Gasteiger partial charge in [-0.2, -0.15) is 0 Å². The molecule has 1 aromatic heterocycles. The molecule has 18 heavy (non-hydrogen) atoms. The number of fused-ring (bicyclic) bond motifs is 1. The van der Waals surface area contributed by atoms with E-state index in [9.17, 15) is 0 Å². The molecule has 0 amide bonds. The normalized spacial score (nSPS) is 12.6. The second-order valence-electron chi connectivity index (χ2n) is 4.10. The molecule has 0 fully saturated rings. The maximum absolute atomic E-state index is 5.24. The standard InChI is InChI=1S/C14H17BrN2O/c1-4-8-17-13-7-6-10(18-3)9-12(13)16-14(17)11(15)5-2/h4,6-7,9,11H,1,5,8H2,2-3H3. The van der Waals surface area contributed by atoms with Crippen LogP contribution in [-0.4, -0.2) is 16.7 Å². The van der Waals surface area contributed by atoms with Gasteiger partial charge >= 0.3 is 0 Å². The molecule has 0 radical (unpaired) electrons. The SMILES string of the molecule is C=CCn1c(C(Br)CC)nc2cc(OC)ccc21. The van der Waals surface area contributed by atoms with E-state index in [4.69, 9.17) is 9.72 Å². The molecule has 0 saturated carbocycles. The highest BCUT2D eigenvalue weighted by molar-refractivity contribution is 9.09. The molecule has 4 heteroatoms. The van der Waals surface area contributed by atoms with Crippen LogP contribution in [0.3, 0.4) is 0 Å². The lowest BCUT2D eigenvalue weighted by atomic mass is 10.3. The molecule has 1 atom stereocenters. The molecule has 0 aliphatic heterocycles. The van der Waals surface area contributed by atoms with Gasteiger partial charge < -0.3 is 9.30 Å². The third kappa shape index (κ3) is 2.29. The first-order valence-electron chi connectivity index (χ1n) is 6.00. The van der Waals surface area contributed by atoms with E-state index in [1.165, 1.54) is 0 Å². The quantitative estimate of drug-likeness (QED) is 0.615. The van der Waals surface area contributed by atoms with E-state index in [-0.39, 0.29) is 4.83 Å². The second-order valence-corrected chi connectivity index (χ2v) is 5.21. The second kappa shape index (κ2) is 5.57. The zero-order valence-electron chi connectivity index (χ0n) is 10.7. The number of methoxy groups -OCH3 is 1. The molecule has 0 aliphatic carbocycles. The summed E-state index contributed by atoms with van der Waals surface area (Å²) in [5, 5.41) is 0. The molecule has 0 spiro atoms. The van der Waals surface area contributed by atoms with E-state index in [2.05, 4.69) is 34.0 Å². The van der Waals surface area contributed by atoms with Gasteiger partial charge in [0.05, 0.1) is 23.0 Å². The Hall–Kier alpha value is -1.29. The van der Waals surface area contributed by atoms with Gasteiger partial charge in [-0.15, -0.1) is 6.58 Å². The summed E-state index contributed by atoms with van der Waals surface area (Å²) in [7, 11) is 1.67. The third-order valence-electron chi connectivity index (χ3n) is 2.94. The van der Waals surface area contributed by atoms with Crippen molar-refractivity contribution < 1.29 is 4.74 Å². The number of aromatic nitrogens is 2. The van der Waals surface area contributed by atoms with E-state index >= 15 is 0 Å². The molecule has 3 nitrogen and oxygen atoms in total. The van der Waals surface area contributed by atoms with Crippen molar-refractivity contribution in [3.05, 3.63) is 36.7 Å². The summed E-state index contributed by atoms with van der Waals surface area (Å²) in [6.45, 7) is 6.71. The average molecular weight is 309 g/mol. The summed E-state index contributed by atoms with van der Waals surface area (Å²) in [5.41, 5.74) is 2.08. The van der Waals surface area contributed by atoms with Crippen LogP contribution in [-0.2, 0) is 6.54 Å². The van der Waals surface area contributed by atoms with Crippen molar-refractivity contribution in [3.8, 4) is 5.75 Å². The van der Waals surface area contributed by atoms with Crippen molar-refractivity contribution in [2.75, 3.05) is 7.11 Å². The molecule has 96 valence electrons. The van der Waals surface area contributed by atoms with Crippen LogP contribution in [0.4, 0.5) is 0 Å². The van der Waals surface area contributed by atoms with Crippen LogP contribution in [0.2, 0.25) is 0 Å². The minimum atomic E-state index is 0.260. The summed E-state index contributed by atoms with van der Waals surface area (Å²) < 4.78 is 7.42. The molecule has 1 unspecified atom stereocenters. The monoisotopic (exact) mass is 308 g/mol. The van der Waals surface area contributed by atoms with Crippen molar-refractivity contribution in [3.63, 3.8) is 0 Å². The van der Waals surface area contributed by atoms with Crippen LogP contribution in [0.15, 0.2) is 30.9 Å². The number of nitrogens with zero attached hydrogens (tertiary/aromatic N) is 2. The number of rotatable bonds is 5. The summed E-state index contributed by atoms with van der Waals surface area (Å²) in [5.74, 6) is 1.88. The molecule has 1 heterocycles. The van der Waals surface area contributed by atoms with Gasteiger partial charge in [0.2, 0.25) is 0 Å². The van der Waals surface area contributed by atoms with Crippen molar-refractivity contribution >= 4 is 27.0 Å². The van der Waals surface area contributed by atoms with E-state index in [0.29, 0.717) is 0 Å². The fraction of sp³-hybridized carbons (Fsp3) is 0.357. The predicted molar refractivity (Wildman–Crippen MR) is 78.4 cm³/mol. The molecule has 2 aromatic rings. The van der Waals surface area contributed by atoms with E-state index < -0.39 is 0 Å². The fourth-order valence-electron chi connectivity index (χ4n) is 2.00. The summed E-state index contributed by atoms with van der Waals surface area (Å²) in [6.07, 6.45) is 2.89. The molecule has 0 saturated heterocycles. The van der Waals surface area contributed by atoms with Gasteiger partial charge in [0, 0.05) is 12.6 Å². The zero-order valence-corrected chi connectivity index (χ0v) is 12.3. The Kier molecular flexibility index (Phi) is 4.07. The van der Waals surface area contributed by atoms with Gasteiger partial charge in [-0.25, -0.2) is 4.98 Å². The molecule has 1 aromatic carbocycles. The van der Waals surface area contributed by atoms with Crippen LogP contribution in [0.5, 0.6) is 5.75 Å². The number of benzene rings is 1. The maximum atomic E-state index is 5.24. The van der Waals surface area contributed by atoms with Crippen molar-refractivity contribution in [2.45, 2.75) is 24.7 Å². The first-order chi connectivity index (χ1) is 8.71. The number of halogens is 1. The molecular formula is C14H17BrN2O. The number of alkyl halides is 1. The minimum absolute atomic E-state index is 0.260. The minimum Gasteiger partial charge on any atom is -0.497 e. The number of hydrogen-bond acceptors (Lipinski definition) is 2. The molecule has 0 aliphatic rings. The van der Waals surface area contributed by atoms with Gasteiger partial charge in [0.1, 0.15) is 11.6 Å². The molecular weight excluding hydrogens is 292 g/mol. The fourth-order valence-corrected chi connectivity index (χ4v) is 2.35. The number of allylic oxidation sites excluding steroid dienone is 1. The topological polar surface area (TPSA) is 27.1 Å².